The molecule has 0 atom stereocenters. The van der Waals surface area contributed by atoms with Crippen molar-refractivity contribution in [3.05, 3.63) is 52.3 Å². The van der Waals surface area contributed by atoms with Crippen LogP contribution in [0, 0.1) is 10.1 Å². The highest BCUT2D eigenvalue weighted by Crippen LogP contribution is 2.35. The summed E-state index contributed by atoms with van der Waals surface area (Å²) in [5.74, 6) is 0.942. The topological polar surface area (TPSA) is 78.6 Å². The molecular weight excluding hydrogens is 368 g/mol. The van der Waals surface area contributed by atoms with Crippen LogP contribution in [0.1, 0.15) is 31.2 Å². The lowest BCUT2D eigenvalue weighted by Gasteiger charge is -2.35. The molecule has 2 saturated heterocycles. The highest BCUT2D eigenvalue weighted by atomic mass is 16.6. The lowest BCUT2D eigenvalue weighted by atomic mass is 10.2. The third kappa shape index (κ3) is 4.64. The van der Waals surface area contributed by atoms with E-state index in [4.69, 9.17) is 0 Å². The fourth-order valence-corrected chi connectivity index (χ4v) is 4.23. The van der Waals surface area contributed by atoms with Gasteiger partial charge in [0.1, 0.15) is 6.33 Å². The summed E-state index contributed by atoms with van der Waals surface area (Å²) < 4.78 is 0. The minimum atomic E-state index is -0.300. The Balaban J connectivity index is 1.50. The smallest absolute Gasteiger partial charge is 0.351 e. The number of nitro groups is 1. The molecule has 0 amide bonds. The Labute approximate surface area is 171 Å². The molecule has 2 aliphatic rings. The Bertz CT molecular complexity index is 815. The molecule has 0 aliphatic carbocycles. The molecule has 2 fully saturated rings. The molecule has 0 radical (unpaired) electrons. The van der Waals surface area contributed by atoms with Crippen molar-refractivity contribution in [1.29, 1.82) is 0 Å². The monoisotopic (exact) mass is 396 g/mol. The van der Waals surface area contributed by atoms with Crippen molar-refractivity contribution >= 4 is 17.3 Å². The number of benzene rings is 1. The first-order chi connectivity index (χ1) is 14.2. The van der Waals surface area contributed by atoms with Gasteiger partial charge in [-0.15, -0.1) is 0 Å². The van der Waals surface area contributed by atoms with Gasteiger partial charge >= 0.3 is 5.69 Å². The van der Waals surface area contributed by atoms with Crippen molar-refractivity contribution in [1.82, 2.24) is 14.9 Å². The first-order valence-corrected chi connectivity index (χ1v) is 10.5. The van der Waals surface area contributed by atoms with Gasteiger partial charge in [0.15, 0.2) is 0 Å². The third-order valence-electron chi connectivity index (χ3n) is 5.79. The summed E-state index contributed by atoms with van der Waals surface area (Å²) in [6.45, 7) is 5.71. The molecule has 29 heavy (non-hydrogen) atoms. The predicted octanol–water partition coefficient (Wildman–Crippen LogP) is 3.09. The van der Waals surface area contributed by atoms with Gasteiger partial charge in [-0.2, -0.15) is 0 Å². The van der Waals surface area contributed by atoms with E-state index in [-0.39, 0.29) is 10.6 Å². The van der Waals surface area contributed by atoms with Gasteiger partial charge in [-0.3, -0.25) is 15.0 Å². The van der Waals surface area contributed by atoms with E-state index in [1.165, 1.54) is 24.7 Å². The van der Waals surface area contributed by atoms with Crippen LogP contribution in [-0.4, -0.2) is 59.1 Å². The average Bonchev–Trinajstić information content (AvgIpc) is 3.04. The molecule has 8 heteroatoms. The lowest BCUT2D eigenvalue weighted by molar-refractivity contribution is -0.383. The molecule has 3 heterocycles. The molecule has 0 unspecified atom stereocenters. The predicted molar refractivity (Wildman–Crippen MR) is 113 cm³/mol. The minimum Gasteiger partial charge on any atom is -0.351 e. The van der Waals surface area contributed by atoms with Crippen molar-refractivity contribution in [2.24, 2.45) is 0 Å². The van der Waals surface area contributed by atoms with Crippen molar-refractivity contribution in [2.45, 2.75) is 32.2 Å². The summed E-state index contributed by atoms with van der Waals surface area (Å²) in [6.07, 6.45) is 5.93. The maximum absolute atomic E-state index is 12.0. The van der Waals surface area contributed by atoms with Crippen molar-refractivity contribution in [2.75, 3.05) is 49.1 Å². The Morgan fingerprint density at radius 3 is 2.00 bits per heavy atom. The summed E-state index contributed by atoms with van der Waals surface area (Å²) in [6, 6.07) is 10.4. The van der Waals surface area contributed by atoms with Crippen LogP contribution in [0.3, 0.4) is 0 Å². The van der Waals surface area contributed by atoms with E-state index in [0.717, 1.165) is 58.7 Å². The standard InChI is InChI=1S/C21H28N6O2/c28-27(29)19-20(25-10-6-1-2-7-11-25)22-17-23-21(19)26-14-12-24(13-15-26)16-18-8-4-3-5-9-18/h3-5,8-9,17H,1-2,6-7,10-16H2. The molecular formula is C21H28N6O2. The van der Waals surface area contributed by atoms with E-state index in [0.29, 0.717) is 11.6 Å². The van der Waals surface area contributed by atoms with Crippen LogP contribution in [-0.2, 0) is 6.54 Å². The van der Waals surface area contributed by atoms with Crippen LogP contribution in [0.15, 0.2) is 36.7 Å². The Morgan fingerprint density at radius 2 is 1.41 bits per heavy atom. The van der Waals surface area contributed by atoms with Crippen LogP contribution < -0.4 is 9.80 Å². The zero-order chi connectivity index (χ0) is 20.1. The van der Waals surface area contributed by atoms with Gasteiger partial charge in [-0.05, 0) is 18.4 Å². The normalized spacial score (nSPS) is 18.5. The molecule has 154 valence electrons. The van der Waals surface area contributed by atoms with E-state index in [1.54, 1.807) is 0 Å². The van der Waals surface area contributed by atoms with Crippen LogP contribution in [0.5, 0.6) is 0 Å². The highest BCUT2D eigenvalue weighted by Gasteiger charge is 2.31. The van der Waals surface area contributed by atoms with Gasteiger partial charge in [0.25, 0.3) is 0 Å². The van der Waals surface area contributed by atoms with Gasteiger partial charge in [0.2, 0.25) is 11.6 Å². The molecule has 0 N–H and O–H groups in total. The first-order valence-electron chi connectivity index (χ1n) is 10.5. The number of rotatable bonds is 5. The SMILES string of the molecule is O=[N+]([O-])c1c(N2CCCCCC2)ncnc1N1CCN(Cc2ccccc2)CC1. The van der Waals surface area contributed by atoms with Crippen molar-refractivity contribution in [3.8, 4) is 0 Å². The number of anilines is 2. The molecule has 0 bridgehead atoms. The maximum Gasteiger partial charge on any atom is 0.353 e. The fraction of sp³-hybridized carbons (Fsp3) is 0.524. The summed E-state index contributed by atoms with van der Waals surface area (Å²) in [4.78, 5) is 26.8. The van der Waals surface area contributed by atoms with Gasteiger partial charge < -0.3 is 9.80 Å². The summed E-state index contributed by atoms with van der Waals surface area (Å²) in [5, 5.41) is 12.0. The molecule has 2 aromatic rings. The summed E-state index contributed by atoms with van der Waals surface area (Å²) in [7, 11) is 0. The molecule has 0 saturated carbocycles. The van der Waals surface area contributed by atoms with E-state index in [9.17, 15) is 10.1 Å². The number of nitrogens with zero attached hydrogens (tertiary/aromatic N) is 6. The number of aromatic nitrogens is 2. The van der Waals surface area contributed by atoms with Crippen LogP contribution in [0.25, 0.3) is 0 Å². The second kappa shape index (κ2) is 9.17. The van der Waals surface area contributed by atoms with Crippen molar-refractivity contribution < 1.29 is 4.92 Å². The molecule has 1 aromatic heterocycles. The summed E-state index contributed by atoms with van der Waals surface area (Å²) in [5.41, 5.74) is 1.35. The van der Waals surface area contributed by atoms with Gasteiger partial charge in [0, 0.05) is 45.8 Å². The van der Waals surface area contributed by atoms with E-state index in [2.05, 4.69) is 44.0 Å². The average molecular weight is 396 g/mol. The number of piperazine rings is 1. The summed E-state index contributed by atoms with van der Waals surface area (Å²) >= 11 is 0. The van der Waals surface area contributed by atoms with Crippen LogP contribution >= 0.6 is 0 Å². The number of hydrogen-bond acceptors (Lipinski definition) is 7. The van der Waals surface area contributed by atoms with Gasteiger partial charge in [-0.25, -0.2) is 9.97 Å². The molecule has 8 nitrogen and oxygen atoms in total. The largest absolute Gasteiger partial charge is 0.353 e. The second-order valence-electron chi connectivity index (χ2n) is 7.78. The quantitative estimate of drug-likeness (QED) is 0.568. The molecule has 0 spiro atoms. The molecule has 1 aromatic carbocycles. The lowest BCUT2D eigenvalue weighted by Crippen LogP contribution is -2.46. The fourth-order valence-electron chi connectivity index (χ4n) is 4.23. The van der Waals surface area contributed by atoms with E-state index < -0.39 is 0 Å². The molecule has 2 aliphatic heterocycles. The van der Waals surface area contributed by atoms with Crippen LogP contribution in [0.4, 0.5) is 17.3 Å². The van der Waals surface area contributed by atoms with Gasteiger partial charge in [0.05, 0.1) is 4.92 Å². The highest BCUT2D eigenvalue weighted by molar-refractivity contribution is 5.71. The maximum atomic E-state index is 12.0. The zero-order valence-corrected chi connectivity index (χ0v) is 16.7. The second-order valence-corrected chi connectivity index (χ2v) is 7.78. The van der Waals surface area contributed by atoms with Gasteiger partial charge in [-0.1, -0.05) is 43.2 Å². The Hall–Kier alpha value is -2.74. The van der Waals surface area contributed by atoms with E-state index in [1.807, 2.05) is 11.0 Å². The number of hydrogen-bond donors (Lipinski definition) is 0. The minimum absolute atomic E-state index is 0.0610. The Morgan fingerprint density at radius 1 is 0.828 bits per heavy atom. The third-order valence-corrected chi connectivity index (χ3v) is 5.79. The molecule has 4 rings (SSSR count). The van der Waals surface area contributed by atoms with Crippen LogP contribution in [0.2, 0.25) is 0 Å². The Kier molecular flexibility index (Phi) is 6.19. The zero-order valence-electron chi connectivity index (χ0n) is 16.7. The van der Waals surface area contributed by atoms with Crippen molar-refractivity contribution in [3.63, 3.8) is 0 Å². The first kappa shape index (κ1) is 19.6. The van der Waals surface area contributed by atoms with E-state index >= 15 is 0 Å².